The van der Waals surface area contributed by atoms with Gasteiger partial charge in [0.25, 0.3) is 0 Å². The van der Waals surface area contributed by atoms with Crippen molar-refractivity contribution in [1.29, 1.82) is 0 Å². The fourth-order valence-corrected chi connectivity index (χ4v) is 3.67. The molecule has 0 bridgehead atoms. The fourth-order valence-electron chi connectivity index (χ4n) is 3.01. The lowest BCUT2D eigenvalue weighted by molar-refractivity contribution is 0.221. The number of rotatable bonds is 3. The van der Waals surface area contributed by atoms with Crippen molar-refractivity contribution in [1.82, 2.24) is 14.9 Å². The van der Waals surface area contributed by atoms with Crippen molar-refractivity contribution in [3.63, 3.8) is 0 Å². The molecule has 2 aromatic heterocycles. The van der Waals surface area contributed by atoms with Crippen molar-refractivity contribution in [2.75, 3.05) is 13.1 Å². The number of thiophene rings is 1. The summed E-state index contributed by atoms with van der Waals surface area (Å²) in [4.78, 5) is 12.8. The third kappa shape index (κ3) is 2.89. The van der Waals surface area contributed by atoms with E-state index < -0.39 is 0 Å². The lowest BCUT2D eigenvalue weighted by Crippen LogP contribution is -2.29. The summed E-state index contributed by atoms with van der Waals surface area (Å²) in [5, 5.41) is 2.06. The van der Waals surface area contributed by atoms with Crippen LogP contribution in [0.3, 0.4) is 0 Å². The number of likely N-dealkylation sites (tertiary alicyclic amines) is 1. The lowest BCUT2D eigenvalue weighted by atomic mass is 10.1. The Balaban J connectivity index is 1.63. The Morgan fingerprint density at radius 2 is 2.00 bits per heavy atom. The highest BCUT2D eigenvalue weighted by Crippen LogP contribution is 2.24. The summed E-state index contributed by atoms with van der Waals surface area (Å²) in [6.07, 6.45) is 7.08. The minimum absolute atomic E-state index is 0.845. The molecule has 1 radical (unpaired) electrons. The number of nitrogens with zero attached hydrogens (tertiary/aromatic N) is 3. The third-order valence-corrected chi connectivity index (χ3v) is 5.04. The number of piperidine rings is 1. The molecule has 3 aromatic rings. The van der Waals surface area contributed by atoms with Gasteiger partial charge in [0.2, 0.25) is 0 Å². The molecule has 22 heavy (non-hydrogen) atoms. The van der Waals surface area contributed by atoms with E-state index in [0.29, 0.717) is 0 Å². The fraction of sp³-hybridized carbons (Fsp3) is 0.333. The van der Waals surface area contributed by atoms with E-state index in [1.165, 1.54) is 37.9 Å². The monoisotopic (exact) mass is 308 g/mol. The molecule has 4 rings (SSSR count). The van der Waals surface area contributed by atoms with Crippen LogP contribution < -0.4 is 0 Å². The van der Waals surface area contributed by atoms with Crippen LogP contribution in [0.4, 0.5) is 0 Å². The van der Waals surface area contributed by atoms with Crippen LogP contribution in [0.2, 0.25) is 0 Å². The third-order valence-electron chi connectivity index (χ3n) is 4.16. The van der Waals surface area contributed by atoms with Crippen LogP contribution in [0.5, 0.6) is 0 Å². The molecule has 1 fully saturated rings. The van der Waals surface area contributed by atoms with Crippen LogP contribution in [0.25, 0.3) is 21.6 Å². The molecule has 3 heterocycles. The highest BCUT2D eigenvalue weighted by molar-refractivity contribution is 7.13. The van der Waals surface area contributed by atoms with Crippen LogP contribution in [-0.4, -0.2) is 28.0 Å². The number of hydrogen-bond donors (Lipinski definition) is 0. The normalized spacial score (nSPS) is 16.2. The number of hydrogen-bond acceptors (Lipinski definition) is 4. The molecule has 0 spiro atoms. The van der Waals surface area contributed by atoms with E-state index in [4.69, 9.17) is 4.98 Å². The van der Waals surface area contributed by atoms with Gasteiger partial charge in [-0.1, -0.05) is 18.6 Å². The molecule has 4 heteroatoms. The van der Waals surface area contributed by atoms with Gasteiger partial charge in [0.1, 0.15) is 11.9 Å². The standard InChI is InChI=1S/C18H18N3S/c1-2-8-21(9-3-1)13-14-6-7-15-16(11-14)20-17(12-19-15)18-5-4-10-22-18/h4-7,10-11H,1-3,8-9,13H2. The van der Waals surface area contributed by atoms with E-state index in [9.17, 15) is 0 Å². The number of fused-ring (bicyclic) bond motifs is 1. The van der Waals surface area contributed by atoms with Crippen LogP contribution in [0.15, 0.2) is 35.7 Å². The number of aromatic nitrogens is 2. The maximum absolute atomic E-state index is 4.75. The molecular weight excluding hydrogens is 290 g/mol. The quantitative estimate of drug-likeness (QED) is 0.728. The average molecular weight is 308 g/mol. The van der Waals surface area contributed by atoms with Gasteiger partial charge in [-0.05, 0) is 55.1 Å². The van der Waals surface area contributed by atoms with Crippen LogP contribution >= 0.6 is 11.3 Å². The minimum Gasteiger partial charge on any atom is -0.299 e. The summed E-state index contributed by atoms with van der Waals surface area (Å²) in [5.41, 5.74) is 4.06. The van der Waals surface area contributed by atoms with E-state index in [2.05, 4.69) is 45.7 Å². The van der Waals surface area contributed by atoms with Gasteiger partial charge in [0, 0.05) is 6.54 Å². The molecule has 0 amide bonds. The van der Waals surface area contributed by atoms with Crippen molar-refractivity contribution >= 4 is 22.4 Å². The Morgan fingerprint density at radius 1 is 1.09 bits per heavy atom. The second-order valence-electron chi connectivity index (χ2n) is 5.82. The molecule has 1 aliphatic rings. The van der Waals surface area contributed by atoms with E-state index in [1.807, 2.05) is 6.07 Å². The van der Waals surface area contributed by atoms with Gasteiger partial charge >= 0.3 is 0 Å². The Morgan fingerprint density at radius 3 is 2.82 bits per heavy atom. The van der Waals surface area contributed by atoms with Gasteiger partial charge in [-0.15, -0.1) is 11.3 Å². The van der Waals surface area contributed by atoms with Crippen molar-refractivity contribution in [3.8, 4) is 10.6 Å². The molecular formula is C18H18N3S. The second kappa shape index (κ2) is 6.15. The highest BCUT2D eigenvalue weighted by Gasteiger charge is 2.11. The summed E-state index contributed by atoms with van der Waals surface area (Å²) in [7, 11) is 0. The summed E-state index contributed by atoms with van der Waals surface area (Å²) < 4.78 is 0. The molecule has 1 saturated heterocycles. The van der Waals surface area contributed by atoms with E-state index >= 15 is 0 Å². The van der Waals surface area contributed by atoms with Crippen molar-refractivity contribution in [2.45, 2.75) is 25.8 Å². The zero-order valence-electron chi connectivity index (χ0n) is 12.5. The number of benzene rings is 1. The van der Waals surface area contributed by atoms with Gasteiger partial charge in [0.05, 0.1) is 15.9 Å². The molecule has 0 unspecified atom stereocenters. The molecule has 0 aliphatic carbocycles. The largest absolute Gasteiger partial charge is 0.299 e. The van der Waals surface area contributed by atoms with Crippen molar-refractivity contribution < 1.29 is 0 Å². The Labute approximate surface area is 134 Å². The summed E-state index contributed by atoms with van der Waals surface area (Å²) in [5.74, 6) is 0. The maximum atomic E-state index is 4.75. The summed E-state index contributed by atoms with van der Waals surface area (Å²) in [6, 6.07) is 10.5. The first-order chi connectivity index (χ1) is 10.9. The second-order valence-corrected chi connectivity index (χ2v) is 6.77. The SMILES string of the molecule is [c]1nc2ccc(CN3CCCCC3)cc2nc1-c1cccs1. The molecule has 111 valence electrons. The molecule has 3 nitrogen and oxygen atoms in total. The highest BCUT2D eigenvalue weighted by atomic mass is 32.1. The van der Waals surface area contributed by atoms with Gasteiger partial charge in [-0.2, -0.15) is 0 Å². The predicted molar refractivity (Wildman–Crippen MR) is 90.8 cm³/mol. The Kier molecular flexibility index (Phi) is 3.87. The van der Waals surface area contributed by atoms with Crippen LogP contribution in [0, 0.1) is 6.20 Å². The molecule has 0 atom stereocenters. The van der Waals surface area contributed by atoms with E-state index in [-0.39, 0.29) is 0 Å². The molecule has 1 aromatic carbocycles. The van der Waals surface area contributed by atoms with Gasteiger partial charge in [-0.25, -0.2) is 9.97 Å². The Hall–Kier alpha value is -1.78. The summed E-state index contributed by atoms with van der Waals surface area (Å²) >= 11 is 1.68. The summed E-state index contributed by atoms with van der Waals surface area (Å²) in [6.45, 7) is 3.45. The Bertz CT molecular complexity index is 761. The van der Waals surface area contributed by atoms with E-state index in [1.54, 1.807) is 11.3 Å². The molecule has 1 aliphatic heterocycles. The molecule has 0 N–H and O–H groups in total. The first-order valence-electron chi connectivity index (χ1n) is 7.83. The van der Waals surface area contributed by atoms with Gasteiger partial charge in [-0.3, -0.25) is 4.90 Å². The lowest BCUT2D eigenvalue weighted by Gasteiger charge is -2.26. The van der Waals surface area contributed by atoms with Crippen LogP contribution in [0.1, 0.15) is 24.8 Å². The smallest absolute Gasteiger partial charge is 0.119 e. The first-order valence-corrected chi connectivity index (χ1v) is 8.71. The van der Waals surface area contributed by atoms with Gasteiger partial charge < -0.3 is 0 Å². The van der Waals surface area contributed by atoms with Crippen molar-refractivity contribution in [2.24, 2.45) is 0 Å². The topological polar surface area (TPSA) is 29.0 Å². The zero-order chi connectivity index (χ0) is 14.8. The average Bonchev–Trinajstić information content (AvgIpc) is 3.10. The zero-order valence-corrected chi connectivity index (χ0v) is 13.3. The first kappa shape index (κ1) is 13.9. The van der Waals surface area contributed by atoms with Gasteiger partial charge in [0.15, 0.2) is 0 Å². The maximum Gasteiger partial charge on any atom is 0.119 e. The van der Waals surface area contributed by atoms with Crippen molar-refractivity contribution in [3.05, 3.63) is 47.5 Å². The predicted octanol–water partition coefficient (Wildman–Crippen LogP) is 4.14. The van der Waals surface area contributed by atoms with E-state index in [0.717, 1.165) is 28.1 Å². The van der Waals surface area contributed by atoms with Crippen LogP contribution in [-0.2, 0) is 6.54 Å². The molecule has 0 saturated carbocycles. The minimum atomic E-state index is 0.845.